The molecule has 1 fully saturated rings. The van der Waals surface area contributed by atoms with Crippen LogP contribution in [0.1, 0.15) is 12.8 Å². The van der Waals surface area contributed by atoms with E-state index in [4.69, 9.17) is 5.11 Å². The molecule has 0 bridgehead atoms. The fraction of sp³-hybridized carbons (Fsp3) is 0.462. The van der Waals surface area contributed by atoms with Crippen LogP contribution in [-0.4, -0.2) is 46.6 Å². The Morgan fingerprint density at radius 3 is 2.55 bits per heavy atom. The van der Waals surface area contributed by atoms with Gasteiger partial charge in [0.1, 0.15) is 0 Å². The molecule has 1 aliphatic carbocycles. The molecule has 1 aromatic rings. The normalized spacial score (nSPS) is 14.3. The summed E-state index contributed by atoms with van der Waals surface area (Å²) < 4.78 is 0. The topological polar surface area (TPSA) is 95.7 Å². The number of hydrogen-bond acceptors (Lipinski definition) is 5. The second-order valence-electron chi connectivity index (χ2n) is 4.78. The highest BCUT2D eigenvalue weighted by atomic mass is 16.6. The summed E-state index contributed by atoms with van der Waals surface area (Å²) in [4.78, 5) is 23.9. The molecule has 0 aliphatic heterocycles. The van der Waals surface area contributed by atoms with Crippen LogP contribution in [0.5, 0.6) is 0 Å². The van der Waals surface area contributed by atoms with Crippen LogP contribution in [0.4, 0.5) is 11.4 Å². The van der Waals surface area contributed by atoms with Crippen molar-refractivity contribution in [3.63, 3.8) is 0 Å². The van der Waals surface area contributed by atoms with Gasteiger partial charge < -0.3 is 10.4 Å². The maximum absolute atomic E-state index is 11.9. The number of rotatable bonds is 7. The lowest BCUT2D eigenvalue weighted by molar-refractivity contribution is -0.384. The highest BCUT2D eigenvalue weighted by Gasteiger charge is 2.29. The number of benzene rings is 1. The Bertz CT molecular complexity index is 485. The van der Waals surface area contributed by atoms with E-state index in [1.165, 1.54) is 24.3 Å². The Kier molecular flexibility index (Phi) is 4.65. The van der Waals surface area contributed by atoms with E-state index in [2.05, 4.69) is 5.32 Å². The molecule has 0 atom stereocenters. The van der Waals surface area contributed by atoms with Gasteiger partial charge in [-0.1, -0.05) is 0 Å². The zero-order valence-corrected chi connectivity index (χ0v) is 11.0. The number of aliphatic hydroxyl groups is 1. The van der Waals surface area contributed by atoms with Gasteiger partial charge in [0.25, 0.3) is 5.69 Å². The number of nitro groups is 1. The smallest absolute Gasteiger partial charge is 0.269 e. The fourth-order valence-corrected chi connectivity index (χ4v) is 2.01. The molecule has 0 saturated heterocycles. The van der Waals surface area contributed by atoms with E-state index in [-0.39, 0.29) is 24.7 Å². The minimum absolute atomic E-state index is 0.0112. The van der Waals surface area contributed by atoms with Crippen molar-refractivity contribution in [2.24, 2.45) is 0 Å². The van der Waals surface area contributed by atoms with Crippen LogP contribution in [0.25, 0.3) is 0 Å². The van der Waals surface area contributed by atoms with Crippen LogP contribution in [0, 0.1) is 10.1 Å². The first-order chi connectivity index (χ1) is 9.60. The summed E-state index contributed by atoms with van der Waals surface area (Å²) in [5.41, 5.74) is 0.517. The SMILES string of the molecule is O=C(CN(CCO)C1CC1)Nc1ccc([N+](=O)[O-])cc1. The molecule has 0 aromatic heterocycles. The van der Waals surface area contributed by atoms with Gasteiger partial charge in [0.05, 0.1) is 18.1 Å². The van der Waals surface area contributed by atoms with Gasteiger partial charge in [-0.05, 0) is 25.0 Å². The van der Waals surface area contributed by atoms with Crippen LogP contribution < -0.4 is 5.32 Å². The van der Waals surface area contributed by atoms with Crippen molar-refractivity contribution >= 4 is 17.3 Å². The number of nitrogens with one attached hydrogen (secondary N) is 1. The first-order valence-corrected chi connectivity index (χ1v) is 6.49. The van der Waals surface area contributed by atoms with Crippen LogP contribution in [-0.2, 0) is 4.79 Å². The van der Waals surface area contributed by atoms with Crippen molar-refractivity contribution in [3.8, 4) is 0 Å². The molecular weight excluding hydrogens is 262 g/mol. The lowest BCUT2D eigenvalue weighted by atomic mass is 10.3. The molecular formula is C13H17N3O4. The van der Waals surface area contributed by atoms with Crippen molar-refractivity contribution < 1.29 is 14.8 Å². The van der Waals surface area contributed by atoms with Gasteiger partial charge >= 0.3 is 0 Å². The van der Waals surface area contributed by atoms with Crippen LogP contribution >= 0.6 is 0 Å². The molecule has 1 aromatic carbocycles. The fourth-order valence-electron chi connectivity index (χ4n) is 2.01. The monoisotopic (exact) mass is 279 g/mol. The zero-order valence-electron chi connectivity index (χ0n) is 11.0. The van der Waals surface area contributed by atoms with Gasteiger partial charge in [-0.2, -0.15) is 0 Å². The predicted molar refractivity (Wildman–Crippen MR) is 73.4 cm³/mol. The summed E-state index contributed by atoms with van der Waals surface area (Å²) in [6.07, 6.45) is 2.12. The van der Waals surface area contributed by atoms with Crippen molar-refractivity contribution in [1.29, 1.82) is 0 Å². The van der Waals surface area contributed by atoms with Gasteiger partial charge in [-0.3, -0.25) is 19.8 Å². The Balaban J connectivity index is 1.88. The summed E-state index contributed by atoms with van der Waals surface area (Å²) in [7, 11) is 0. The Morgan fingerprint density at radius 2 is 2.05 bits per heavy atom. The van der Waals surface area contributed by atoms with Gasteiger partial charge in [-0.15, -0.1) is 0 Å². The first-order valence-electron chi connectivity index (χ1n) is 6.49. The molecule has 2 N–H and O–H groups in total. The molecule has 7 heteroatoms. The second kappa shape index (κ2) is 6.44. The number of aliphatic hydroxyl groups excluding tert-OH is 1. The van der Waals surface area contributed by atoms with Gasteiger partial charge in [-0.25, -0.2) is 0 Å². The van der Waals surface area contributed by atoms with E-state index in [1.54, 1.807) is 0 Å². The molecule has 20 heavy (non-hydrogen) atoms. The summed E-state index contributed by atoms with van der Waals surface area (Å²) >= 11 is 0. The van der Waals surface area contributed by atoms with E-state index >= 15 is 0 Å². The number of carbonyl (C=O) groups excluding carboxylic acids is 1. The van der Waals surface area contributed by atoms with E-state index in [1.807, 2.05) is 4.90 Å². The summed E-state index contributed by atoms with van der Waals surface area (Å²) in [5, 5.41) is 22.2. The highest BCUT2D eigenvalue weighted by molar-refractivity contribution is 5.92. The predicted octanol–water partition coefficient (Wildman–Crippen LogP) is 0.990. The zero-order chi connectivity index (χ0) is 14.5. The van der Waals surface area contributed by atoms with E-state index in [0.29, 0.717) is 18.3 Å². The first kappa shape index (κ1) is 14.4. The summed E-state index contributed by atoms with van der Waals surface area (Å²) in [6, 6.07) is 6.10. The average Bonchev–Trinajstić information content (AvgIpc) is 3.23. The van der Waals surface area contributed by atoms with Crippen molar-refractivity contribution in [2.45, 2.75) is 18.9 Å². The highest BCUT2D eigenvalue weighted by Crippen LogP contribution is 2.26. The lowest BCUT2D eigenvalue weighted by Crippen LogP contribution is -2.36. The molecule has 1 amide bonds. The van der Waals surface area contributed by atoms with E-state index in [0.717, 1.165) is 12.8 Å². The summed E-state index contributed by atoms with van der Waals surface area (Å²) in [6.45, 7) is 0.738. The largest absolute Gasteiger partial charge is 0.395 e. The molecule has 1 aliphatic rings. The van der Waals surface area contributed by atoms with Gasteiger partial charge in [0.15, 0.2) is 0 Å². The van der Waals surface area contributed by atoms with Crippen LogP contribution in [0.3, 0.4) is 0 Å². The number of carbonyl (C=O) groups is 1. The van der Waals surface area contributed by atoms with E-state index < -0.39 is 4.92 Å². The molecule has 7 nitrogen and oxygen atoms in total. The number of amides is 1. The maximum Gasteiger partial charge on any atom is 0.269 e. The average molecular weight is 279 g/mol. The Morgan fingerprint density at radius 1 is 1.40 bits per heavy atom. The standard InChI is InChI=1S/C13H17N3O4/c17-8-7-15(11-5-6-11)9-13(18)14-10-1-3-12(4-2-10)16(19)20/h1-4,11,17H,5-9H2,(H,14,18). The van der Waals surface area contributed by atoms with Gasteiger partial charge in [0.2, 0.25) is 5.91 Å². The molecule has 0 radical (unpaired) electrons. The number of anilines is 1. The minimum atomic E-state index is -0.484. The molecule has 108 valence electrons. The molecule has 1 saturated carbocycles. The number of nitrogens with zero attached hydrogens (tertiary/aromatic N) is 2. The number of nitro benzene ring substituents is 1. The third-order valence-corrected chi connectivity index (χ3v) is 3.16. The van der Waals surface area contributed by atoms with Gasteiger partial charge in [0, 0.05) is 30.4 Å². The third kappa shape index (κ3) is 4.01. The molecule has 0 spiro atoms. The minimum Gasteiger partial charge on any atom is -0.395 e. The summed E-state index contributed by atoms with van der Waals surface area (Å²) in [5.74, 6) is -0.181. The number of non-ortho nitro benzene ring substituents is 1. The molecule has 2 rings (SSSR count). The quantitative estimate of drug-likeness (QED) is 0.573. The Hall–Kier alpha value is -1.99. The van der Waals surface area contributed by atoms with E-state index in [9.17, 15) is 14.9 Å². The van der Waals surface area contributed by atoms with Crippen LogP contribution in [0.2, 0.25) is 0 Å². The maximum atomic E-state index is 11.9. The Labute approximate surface area is 116 Å². The third-order valence-electron chi connectivity index (χ3n) is 3.16. The van der Waals surface area contributed by atoms with Crippen molar-refractivity contribution in [1.82, 2.24) is 4.90 Å². The molecule has 0 heterocycles. The lowest BCUT2D eigenvalue weighted by Gasteiger charge is -2.19. The van der Waals surface area contributed by atoms with Crippen molar-refractivity contribution in [3.05, 3.63) is 34.4 Å². The second-order valence-corrected chi connectivity index (χ2v) is 4.78. The number of hydrogen-bond donors (Lipinski definition) is 2. The molecule has 0 unspecified atom stereocenters. The van der Waals surface area contributed by atoms with Crippen LogP contribution in [0.15, 0.2) is 24.3 Å². The van der Waals surface area contributed by atoms with Crippen molar-refractivity contribution in [2.75, 3.05) is 25.0 Å².